The molecule has 1 heterocycles. The highest BCUT2D eigenvalue weighted by atomic mass is 19.1. The maximum atomic E-state index is 13.1. The maximum absolute atomic E-state index is 13.1. The number of nitrogens with zero attached hydrogens (tertiary/aromatic N) is 1. The Bertz CT molecular complexity index is 1060. The van der Waals surface area contributed by atoms with Crippen molar-refractivity contribution < 1.29 is 9.18 Å². The van der Waals surface area contributed by atoms with E-state index in [1.54, 1.807) is 12.1 Å². The molecular formula is C24H24FN3O2. The molecule has 0 unspecified atom stereocenters. The Kier molecular flexibility index (Phi) is 6.02. The van der Waals surface area contributed by atoms with Gasteiger partial charge in [0.1, 0.15) is 11.6 Å². The van der Waals surface area contributed by atoms with Gasteiger partial charge in [-0.15, -0.1) is 0 Å². The highest BCUT2D eigenvalue weighted by Crippen LogP contribution is 2.34. The fraction of sp³-hybridized carbons (Fsp3) is 0.292. The van der Waals surface area contributed by atoms with E-state index in [1.165, 1.54) is 18.2 Å². The average Bonchev–Trinajstić information content (AvgIpc) is 2.68. The summed E-state index contributed by atoms with van der Waals surface area (Å²) < 4.78 is 13.1. The van der Waals surface area contributed by atoms with Crippen LogP contribution in [0.1, 0.15) is 53.9 Å². The molecule has 0 saturated heterocycles. The molecule has 3 aromatic rings. The standard InChI is InChI=1S/C24H24FN3O2/c25-19-11-9-16(10-12-19)13-22(29)27-21(17-5-2-1-3-6-17)14-20-15-23(30)28-24(26-20)18-7-4-8-18/h1-3,5-6,9-12,15,18,21H,4,7-8,13-14H2,(H,27,29)(H,26,28,30)/t21-/m1/s1. The Morgan fingerprint density at radius 1 is 1.13 bits per heavy atom. The lowest BCUT2D eigenvalue weighted by atomic mass is 9.85. The topological polar surface area (TPSA) is 74.8 Å². The number of hydrogen-bond donors (Lipinski definition) is 2. The Labute approximate surface area is 174 Å². The number of carbonyl (C=O) groups is 1. The van der Waals surface area contributed by atoms with Crippen LogP contribution in [0.25, 0.3) is 0 Å². The van der Waals surface area contributed by atoms with Crippen molar-refractivity contribution in [3.05, 3.63) is 99.5 Å². The smallest absolute Gasteiger partial charge is 0.251 e. The van der Waals surface area contributed by atoms with Gasteiger partial charge in [0.05, 0.1) is 18.2 Å². The van der Waals surface area contributed by atoms with Crippen LogP contribution in [0.5, 0.6) is 0 Å². The fourth-order valence-electron chi connectivity index (χ4n) is 3.69. The van der Waals surface area contributed by atoms with Crippen molar-refractivity contribution in [2.75, 3.05) is 0 Å². The number of hydrogen-bond acceptors (Lipinski definition) is 3. The highest BCUT2D eigenvalue weighted by molar-refractivity contribution is 5.79. The summed E-state index contributed by atoms with van der Waals surface area (Å²) in [5.74, 6) is 0.567. The number of amides is 1. The zero-order valence-electron chi connectivity index (χ0n) is 16.6. The van der Waals surface area contributed by atoms with Gasteiger partial charge in [-0.2, -0.15) is 0 Å². The van der Waals surface area contributed by atoms with Crippen LogP contribution in [0, 0.1) is 5.82 Å². The van der Waals surface area contributed by atoms with Crippen LogP contribution in [0.2, 0.25) is 0 Å². The number of aromatic nitrogens is 2. The molecule has 154 valence electrons. The van der Waals surface area contributed by atoms with E-state index in [4.69, 9.17) is 0 Å². The SMILES string of the molecule is O=C(Cc1ccc(F)cc1)N[C@H](Cc1cc(=O)[nH]c(C2CCC2)n1)c1ccccc1. The van der Waals surface area contributed by atoms with Gasteiger partial charge in [0.15, 0.2) is 0 Å². The predicted octanol–water partition coefficient (Wildman–Crippen LogP) is 3.82. The third-order valence-electron chi connectivity index (χ3n) is 5.53. The minimum absolute atomic E-state index is 0.153. The van der Waals surface area contributed by atoms with E-state index in [2.05, 4.69) is 15.3 Å². The van der Waals surface area contributed by atoms with Crippen LogP contribution in [0.3, 0.4) is 0 Å². The summed E-state index contributed by atoms with van der Waals surface area (Å²) in [5.41, 5.74) is 2.18. The quantitative estimate of drug-likeness (QED) is 0.628. The van der Waals surface area contributed by atoms with Crippen molar-refractivity contribution in [1.29, 1.82) is 0 Å². The first-order chi connectivity index (χ1) is 14.6. The van der Waals surface area contributed by atoms with E-state index in [9.17, 15) is 14.0 Å². The van der Waals surface area contributed by atoms with Gasteiger partial charge >= 0.3 is 0 Å². The molecule has 2 aromatic carbocycles. The second kappa shape index (κ2) is 9.03. The van der Waals surface area contributed by atoms with E-state index >= 15 is 0 Å². The summed E-state index contributed by atoms with van der Waals surface area (Å²) >= 11 is 0. The average molecular weight is 405 g/mol. The number of nitrogens with one attached hydrogen (secondary N) is 2. The number of halogens is 1. The van der Waals surface area contributed by atoms with Crippen LogP contribution in [0.4, 0.5) is 4.39 Å². The number of H-pyrrole nitrogens is 1. The molecule has 0 aliphatic heterocycles. The number of aromatic amines is 1. The molecular weight excluding hydrogens is 381 g/mol. The Hall–Kier alpha value is -3.28. The second-order valence-electron chi connectivity index (χ2n) is 7.79. The molecule has 1 aromatic heterocycles. The van der Waals surface area contributed by atoms with E-state index in [-0.39, 0.29) is 29.7 Å². The van der Waals surface area contributed by atoms with E-state index in [1.807, 2.05) is 30.3 Å². The maximum Gasteiger partial charge on any atom is 0.251 e. The molecule has 30 heavy (non-hydrogen) atoms. The normalized spacial score (nSPS) is 14.7. The Morgan fingerprint density at radius 3 is 2.53 bits per heavy atom. The highest BCUT2D eigenvalue weighted by Gasteiger charge is 2.23. The van der Waals surface area contributed by atoms with Gasteiger partial charge in [-0.1, -0.05) is 48.9 Å². The molecule has 1 saturated carbocycles. The largest absolute Gasteiger partial charge is 0.349 e. The van der Waals surface area contributed by atoms with Crippen LogP contribution in [0.15, 0.2) is 65.5 Å². The molecule has 5 nitrogen and oxygen atoms in total. The molecule has 1 atom stereocenters. The Morgan fingerprint density at radius 2 is 1.87 bits per heavy atom. The van der Waals surface area contributed by atoms with Crippen LogP contribution < -0.4 is 10.9 Å². The molecule has 1 aliphatic rings. The molecule has 1 amide bonds. The van der Waals surface area contributed by atoms with Crippen molar-refractivity contribution in [3.8, 4) is 0 Å². The van der Waals surface area contributed by atoms with Crippen LogP contribution in [-0.4, -0.2) is 15.9 Å². The summed E-state index contributed by atoms with van der Waals surface area (Å²) in [4.78, 5) is 32.4. The van der Waals surface area contributed by atoms with Gasteiger partial charge in [-0.05, 0) is 36.1 Å². The zero-order chi connectivity index (χ0) is 20.9. The van der Waals surface area contributed by atoms with Crippen LogP contribution >= 0.6 is 0 Å². The minimum atomic E-state index is -0.330. The summed E-state index contributed by atoms with van der Waals surface area (Å²) in [6.45, 7) is 0. The lowest BCUT2D eigenvalue weighted by Gasteiger charge is -2.25. The van der Waals surface area contributed by atoms with Gasteiger partial charge < -0.3 is 10.3 Å². The molecule has 1 fully saturated rings. The molecule has 2 N–H and O–H groups in total. The lowest BCUT2D eigenvalue weighted by molar-refractivity contribution is -0.121. The van der Waals surface area contributed by atoms with Crippen molar-refractivity contribution in [2.45, 2.75) is 44.1 Å². The zero-order valence-corrected chi connectivity index (χ0v) is 16.6. The summed E-state index contributed by atoms with van der Waals surface area (Å²) in [6, 6.07) is 16.7. The van der Waals surface area contributed by atoms with Gasteiger partial charge in [-0.3, -0.25) is 9.59 Å². The number of rotatable bonds is 7. The molecule has 4 rings (SSSR count). The monoisotopic (exact) mass is 405 g/mol. The van der Waals surface area contributed by atoms with Crippen molar-refractivity contribution >= 4 is 5.91 Å². The molecule has 0 spiro atoms. The summed E-state index contributed by atoms with van der Waals surface area (Å²) in [5, 5.41) is 3.06. The van der Waals surface area contributed by atoms with Crippen molar-refractivity contribution in [1.82, 2.24) is 15.3 Å². The number of benzene rings is 2. The second-order valence-corrected chi connectivity index (χ2v) is 7.79. The van der Waals surface area contributed by atoms with Crippen LogP contribution in [-0.2, 0) is 17.6 Å². The third-order valence-corrected chi connectivity index (χ3v) is 5.53. The van der Waals surface area contributed by atoms with Gasteiger partial charge in [0, 0.05) is 18.4 Å². The molecule has 0 bridgehead atoms. The first kappa shape index (κ1) is 20.0. The fourth-order valence-corrected chi connectivity index (χ4v) is 3.69. The van der Waals surface area contributed by atoms with E-state index in [0.717, 1.165) is 36.2 Å². The molecule has 1 aliphatic carbocycles. The lowest BCUT2D eigenvalue weighted by Crippen LogP contribution is -2.32. The summed E-state index contributed by atoms with van der Waals surface area (Å²) in [7, 11) is 0. The minimum Gasteiger partial charge on any atom is -0.349 e. The predicted molar refractivity (Wildman–Crippen MR) is 113 cm³/mol. The molecule has 0 radical (unpaired) electrons. The Balaban J connectivity index is 1.53. The number of carbonyl (C=O) groups excluding carboxylic acids is 1. The first-order valence-corrected chi connectivity index (χ1v) is 10.3. The first-order valence-electron chi connectivity index (χ1n) is 10.3. The van der Waals surface area contributed by atoms with E-state index < -0.39 is 0 Å². The van der Waals surface area contributed by atoms with Crippen molar-refractivity contribution in [3.63, 3.8) is 0 Å². The van der Waals surface area contributed by atoms with Gasteiger partial charge in [0.2, 0.25) is 5.91 Å². The molecule has 6 heteroatoms. The summed E-state index contributed by atoms with van der Waals surface area (Å²) in [6.07, 6.45) is 3.82. The third kappa shape index (κ3) is 5.00. The van der Waals surface area contributed by atoms with E-state index in [0.29, 0.717) is 18.0 Å². The van der Waals surface area contributed by atoms with Crippen molar-refractivity contribution in [2.24, 2.45) is 0 Å². The van der Waals surface area contributed by atoms with Gasteiger partial charge in [-0.25, -0.2) is 9.37 Å². The van der Waals surface area contributed by atoms with Gasteiger partial charge in [0.25, 0.3) is 5.56 Å².